The summed E-state index contributed by atoms with van der Waals surface area (Å²) >= 11 is 2.85. The highest BCUT2D eigenvalue weighted by Gasteiger charge is 2.56. The molecule has 3 N–H and O–H groups in total. The number of amides is 1. The van der Waals surface area contributed by atoms with E-state index in [1.165, 1.54) is 35.5 Å². The molecule has 0 radical (unpaired) electrons. The fraction of sp³-hybridized carbons (Fsp3) is 0.636. The fourth-order valence-electron chi connectivity index (χ4n) is 2.02. The lowest BCUT2D eigenvalue weighted by molar-refractivity contribution is -0.161. The number of ether oxygens (including phenoxy) is 1. The number of carboxylic acids is 1. The molecule has 106 valence electrons. The largest absolute Gasteiger partial charge is 0.477 e. The first-order valence-corrected chi connectivity index (χ1v) is 7.64. The molecule has 0 bridgehead atoms. The molecule has 2 heterocycles. The second kappa shape index (κ2) is 5.74. The third kappa shape index (κ3) is 2.49. The lowest BCUT2D eigenvalue weighted by atomic mass is 10.1. The molecule has 1 fully saturated rings. The maximum atomic E-state index is 11.8. The number of fused-ring (bicyclic) bond motifs is 1. The molecular weight excluding hydrogens is 288 g/mol. The maximum Gasteiger partial charge on any atom is 0.354 e. The first kappa shape index (κ1) is 14.7. The van der Waals surface area contributed by atoms with Crippen LogP contribution in [0.5, 0.6) is 0 Å². The van der Waals surface area contributed by atoms with Crippen molar-refractivity contribution in [2.24, 2.45) is 5.73 Å². The van der Waals surface area contributed by atoms with E-state index in [1.807, 2.05) is 6.92 Å². The minimum absolute atomic E-state index is 0.0853. The summed E-state index contributed by atoms with van der Waals surface area (Å²) in [5, 5.41) is 9.26. The Morgan fingerprint density at radius 1 is 1.68 bits per heavy atom. The number of hydrogen-bond acceptors (Lipinski definition) is 6. The van der Waals surface area contributed by atoms with Crippen LogP contribution < -0.4 is 5.73 Å². The second-order valence-electron chi connectivity index (χ2n) is 4.32. The van der Waals surface area contributed by atoms with Crippen LogP contribution in [0.2, 0.25) is 0 Å². The van der Waals surface area contributed by atoms with Crippen LogP contribution in [0.15, 0.2) is 9.93 Å². The van der Waals surface area contributed by atoms with Gasteiger partial charge < -0.3 is 15.6 Å². The van der Waals surface area contributed by atoms with Gasteiger partial charge in [-0.2, -0.15) is 0 Å². The van der Waals surface area contributed by atoms with Crippen LogP contribution in [0.25, 0.3) is 0 Å². The summed E-state index contributed by atoms with van der Waals surface area (Å²) in [5.74, 6) is -1.35. The van der Waals surface area contributed by atoms with Crippen molar-refractivity contribution in [3.63, 3.8) is 0 Å². The molecule has 8 heteroatoms. The topological polar surface area (TPSA) is 92.9 Å². The molecule has 1 amide bonds. The van der Waals surface area contributed by atoms with Crippen LogP contribution >= 0.6 is 23.5 Å². The Morgan fingerprint density at radius 2 is 2.37 bits per heavy atom. The van der Waals surface area contributed by atoms with Gasteiger partial charge in [0.2, 0.25) is 0 Å². The van der Waals surface area contributed by atoms with Crippen molar-refractivity contribution in [3.05, 3.63) is 9.93 Å². The summed E-state index contributed by atoms with van der Waals surface area (Å²) in [4.78, 5) is 24.5. The highest BCUT2D eigenvalue weighted by atomic mass is 32.2. The van der Waals surface area contributed by atoms with Gasteiger partial charge in [-0.3, -0.25) is 9.69 Å². The van der Waals surface area contributed by atoms with Crippen LogP contribution in [0, 0.1) is 0 Å². The van der Waals surface area contributed by atoms with E-state index in [0.717, 1.165) is 6.42 Å². The molecule has 0 aliphatic carbocycles. The van der Waals surface area contributed by atoms with Crippen molar-refractivity contribution in [2.75, 3.05) is 13.7 Å². The van der Waals surface area contributed by atoms with Gasteiger partial charge in [0.25, 0.3) is 5.91 Å². The summed E-state index contributed by atoms with van der Waals surface area (Å²) in [6.07, 6.45) is 0.260. The molecule has 0 aromatic rings. The number of carbonyl (C=O) groups excluding carboxylic acids is 1. The van der Waals surface area contributed by atoms with Gasteiger partial charge in [-0.25, -0.2) is 4.79 Å². The molecule has 0 aromatic heterocycles. The minimum Gasteiger partial charge on any atom is -0.477 e. The number of thioether (sulfide) groups is 2. The lowest BCUT2D eigenvalue weighted by Gasteiger charge is -2.40. The number of β-lactam (4-membered cyclic amide) rings is 1. The molecular formula is C11H16N2O4S2. The Bertz CT molecular complexity index is 440. The molecule has 1 saturated heterocycles. The van der Waals surface area contributed by atoms with E-state index >= 15 is 0 Å². The standard InChI is InChI=1S/C11H16N2O4S2/c1-5(3-4-12)18-11-6(10(15)16)13-8(14)7(17-2)9(13)19-11/h5,7,9H,3-4,12H2,1-2H3,(H,15,16)/t5?,7?,9-/m1/s1. The molecule has 3 atom stereocenters. The van der Waals surface area contributed by atoms with Gasteiger partial charge in [0, 0.05) is 12.4 Å². The number of hydrogen-bond donors (Lipinski definition) is 2. The van der Waals surface area contributed by atoms with Gasteiger partial charge in [0.1, 0.15) is 5.37 Å². The Balaban J connectivity index is 2.17. The smallest absolute Gasteiger partial charge is 0.354 e. The summed E-state index contributed by atoms with van der Waals surface area (Å²) in [7, 11) is 1.46. The normalized spacial score (nSPS) is 27.3. The molecule has 2 rings (SSSR count). The zero-order chi connectivity index (χ0) is 14.2. The van der Waals surface area contributed by atoms with Crippen molar-refractivity contribution < 1.29 is 19.4 Å². The summed E-state index contributed by atoms with van der Waals surface area (Å²) in [6.45, 7) is 2.55. The van der Waals surface area contributed by atoms with Gasteiger partial charge in [0.05, 0.1) is 4.24 Å². The van der Waals surface area contributed by atoms with Gasteiger partial charge >= 0.3 is 5.97 Å². The Labute approximate surface area is 119 Å². The van der Waals surface area contributed by atoms with Crippen molar-refractivity contribution in [2.45, 2.75) is 30.1 Å². The van der Waals surface area contributed by atoms with Crippen molar-refractivity contribution >= 4 is 35.4 Å². The SMILES string of the molecule is COC1C(=O)N2C(C(=O)O)=C(SC(C)CCN)S[C@H]12. The summed E-state index contributed by atoms with van der Waals surface area (Å²) in [6, 6.07) is 0. The third-order valence-corrected chi connectivity index (χ3v) is 5.72. The number of rotatable bonds is 6. The average molecular weight is 304 g/mol. The molecule has 0 spiro atoms. The number of methoxy groups -OCH3 is 1. The second-order valence-corrected chi connectivity index (χ2v) is 7.15. The zero-order valence-electron chi connectivity index (χ0n) is 10.7. The van der Waals surface area contributed by atoms with Crippen LogP contribution in [0.3, 0.4) is 0 Å². The number of carboxylic acid groups (broad SMARTS) is 1. The molecule has 2 unspecified atom stereocenters. The van der Waals surface area contributed by atoms with Crippen molar-refractivity contribution in [1.29, 1.82) is 0 Å². The minimum atomic E-state index is -1.07. The monoisotopic (exact) mass is 304 g/mol. The summed E-state index contributed by atoms with van der Waals surface area (Å²) < 4.78 is 5.75. The molecule has 2 aliphatic heterocycles. The van der Waals surface area contributed by atoms with Gasteiger partial charge in [-0.05, 0) is 13.0 Å². The highest BCUT2D eigenvalue weighted by Crippen LogP contribution is 2.52. The van der Waals surface area contributed by atoms with E-state index in [2.05, 4.69) is 0 Å². The average Bonchev–Trinajstić information content (AvgIpc) is 2.65. The molecule has 19 heavy (non-hydrogen) atoms. The molecule has 0 saturated carbocycles. The molecule has 6 nitrogen and oxygen atoms in total. The Hall–Kier alpha value is -0.700. The Morgan fingerprint density at radius 3 is 2.89 bits per heavy atom. The van der Waals surface area contributed by atoms with E-state index < -0.39 is 12.1 Å². The predicted molar refractivity (Wildman–Crippen MR) is 74.4 cm³/mol. The number of nitrogens with zero attached hydrogens (tertiary/aromatic N) is 1. The highest BCUT2D eigenvalue weighted by molar-refractivity contribution is 8.23. The van der Waals surface area contributed by atoms with Crippen LogP contribution in [-0.4, -0.2) is 52.3 Å². The quantitative estimate of drug-likeness (QED) is 0.696. The zero-order valence-corrected chi connectivity index (χ0v) is 12.3. The predicted octanol–water partition coefficient (Wildman–Crippen LogP) is 0.641. The van der Waals surface area contributed by atoms with Crippen molar-refractivity contribution in [3.8, 4) is 0 Å². The van der Waals surface area contributed by atoms with E-state index in [-0.39, 0.29) is 22.2 Å². The van der Waals surface area contributed by atoms with E-state index in [9.17, 15) is 14.7 Å². The van der Waals surface area contributed by atoms with Gasteiger partial charge in [-0.15, -0.1) is 11.8 Å². The van der Waals surface area contributed by atoms with Crippen LogP contribution in [0.1, 0.15) is 13.3 Å². The van der Waals surface area contributed by atoms with Crippen LogP contribution in [0.4, 0.5) is 0 Å². The maximum absolute atomic E-state index is 11.8. The van der Waals surface area contributed by atoms with Gasteiger partial charge in [0.15, 0.2) is 11.8 Å². The van der Waals surface area contributed by atoms with E-state index in [0.29, 0.717) is 10.8 Å². The molecule has 2 aliphatic rings. The number of aliphatic carboxylic acids is 1. The van der Waals surface area contributed by atoms with Crippen molar-refractivity contribution in [1.82, 2.24) is 4.90 Å². The lowest BCUT2D eigenvalue weighted by Crippen LogP contribution is -2.61. The number of nitrogens with two attached hydrogens (primary N) is 1. The first-order valence-electron chi connectivity index (χ1n) is 5.88. The van der Waals surface area contributed by atoms with E-state index in [1.54, 1.807) is 0 Å². The fourth-order valence-corrected chi connectivity index (χ4v) is 5.13. The summed E-state index contributed by atoms with van der Waals surface area (Å²) in [5.41, 5.74) is 5.58. The number of carbonyl (C=O) groups is 2. The van der Waals surface area contributed by atoms with E-state index in [4.69, 9.17) is 10.5 Å². The third-order valence-electron chi connectivity index (χ3n) is 2.99. The van der Waals surface area contributed by atoms with Crippen LogP contribution in [-0.2, 0) is 14.3 Å². The first-order chi connectivity index (χ1) is 9.01. The molecule has 0 aromatic carbocycles. The Kier molecular flexibility index (Phi) is 4.44. The van der Waals surface area contributed by atoms with Gasteiger partial charge in [-0.1, -0.05) is 18.7 Å².